The van der Waals surface area contributed by atoms with Crippen molar-refractivity contribution in [2.45, 2.75) is 46.1 Å². The van der Waals surface area contributed by atoms with Crippen LogP contribution in [0, 0.1) is 18.3 Å². The number of nitrogens with zero attached hydrogens (tertiary/aromatic N) is 1. The van der Waals surface area contributed by atoms with Gasteiger partial charge in [0, 0.05) is 37.3 Å². The highest BCUT2D eigenvalue weighted by Gasteiger charge is 2.32. The summed E-state index contributed by atoms with van der Waals surface area (Å²) in [6, 6.07) is 6.33. The van der Waals surface area contributed by atoms with Gasteiger partial charge in [0.1, 0.15) is 5.75 Å². The molecule has 1 heterocycles. The summed E-state index contributed by atoms with van der Waals surface area (Å²) in [4.78, 5) is 4.77. The number of aliphatic hydroxyl groups is 1. The summed E-state index contributed by atoms with van der Waals surface area (Å²) in [6.45, 7) is 8.58. The summed E-state index contributed by atoms with van der Waals surface area (Å²) >= 11 is 0. The van der Waals surface area contributed by atoms with Gasteiger partial charge in [-0.15, -0.1) is 0 Å². The molecule has 0 aromatic heterocycles. The Balaban J connectivity index is 1.63. The van der Waals surface area contributed by atoms with Crippen molar-refractivity contribution < 1.29 is 14.6 Å². The van der Waals surface area contributed by atoms with E-state index in [0.717, 1.165) is 49.2 Å². The summed E-state index contributed by atoms with van der Waals surface area (Å²) in [5.41, 5.74) is 2.18. The van der Waals surface area contributed by atoms with Crippen molar-refractivity contribution >= 4 is 5.96 Å². The molecule has 6 nitrogen and oxygen atoms in total. The summed E-state index contributed by atoms with van der Waals surface area (Å²) < 4.78 is 11.5. The standard InChI is InChI=1S/C22H35N3O3/c1-3-23-21(25-15-22(16-26)8-10-27-11-9-22)24-13-19-7-4-17(2)12-20(19)28-14-18-5-6-18/h4,7,12,18,26H,3,5-6,8-11,13-16H2,1-2H3,(H2,23,24,25). The molecular formula is C22H35N3O3. The molecular weight excluding hydrogens is 354 g/mol. The van der Waals surface area contributed by atoms with E-state index in [1.54, 1.807) is 0 Å². The van der Waals surface area contributed by atoms with E-state index >= 15 is 0 Å². The van der Waals surface area contributed by atoms with Gasteiger partial charge in [-0.05, 0) is 57.1 Å². The predicted molar refractivity (Wildman–Crippen MR) is 112 cm³/mol. The molecule has 156 valence electrons. The van der Waals surface area contributed by atoms with Crippen molar-refractivity contribution in [3.05, 3.63) is 29.3 Å². The van der Waals surface area contributed by atoms with Gasteiger partial charge in [0.15, 0.2) is 5.96 Å². The van der Waals surface area contributed by atoms with Crippen LogP contribution in [0.2, 0.25) is 0 Å². The van der Waals surface area contributed by atoms with Crippen LogP contribution < -0.4 is 15.4 Å². The van der Waals surface area contributed by atoms with Gasteiger partial charge < -0.3 is 25.2 Å². The van der Waals surface area contributed by atoms with Gasteiger partial charge in [0.2, 0.25) is 0 Å². The van der Waals surface area contributed by atoms with Crippen LogP contribution in [-0.2, 0) is 11.3 Å². The van der Waals surface area contributed by atoms with E-state index in [1.807, 2.05) is 0 Å². The molecule has 3 N–H and O–H groups in total. The van der Waals surface area contributed by atoms with Crippen molar-refractivity contribution in [3.8, 4) is 5.75 Å². The Labute approximate surface area is 168 Å². The van der Waals surface area contributed by atoms with Crippen LogP contribution >= 0.6 is 0 Å². The van der Waals surface area contributed by atoms with Crippen molar-refractivity contribution in [1.82, 2.24) is 10.6 Å². The molecule has 0 atom stereocenters. The molecule has 6 heteroatoms. The Bertz CT molecular complexity index is 652. The SMILES string of the molecule is CCNC(=NCc1ccc(C)cc1OCC1CC1)NCC1(CO)CCOCC1. The highest BCUT2D eigenvalue weighted by molar-refractivity contribution is 5.79. The third-order valence-corrected chi connectivity index (χ3v) is 5.67. The van der Waals surface area contributed by atoms with Crippen molar-refractivity contribution in [2.75, 3.05) is 39.5 Å². The second kappa shape index (κ2) is 10.1. The monoisotopic (exact) mass is 389 g/mol. The lowest BCUT2D eigenvalue weighted by molar-refractivity contribution is -0.0131. The Morgan fingerprint density at radius 2 is 2.07 bits per heavy atom. The first-order chi connectivity index (χ1) is 13.6. The van der Waals surface area contributed by atoms with E-state index in [2.05, 4.69) is 42.7 Å². The predicted octanol–water partition coefficient (Wildman–Crippen LogP) is 2.63. The van der Waals surface area contributed by atoms with Crippen LogP contribution in [0.5, 0.6) is 5.75 Å². The van der Waals surface area contributed by atoms with Gasteiger partial charge in [-0.1, -0.05) is 12.1 Å². The number of nitrogens with one attached hydrogen (secondary N) is 2. The van der Waals surface area contributed by atoms with Crippen LogP contribution in [-0.4, -0.2) is 50.6 Å². The summed E-state index contributed by atoms with van der Waals surface area (Å²) in [5.74, 6) is 2.45. The zero-order valence-corrected chi connectivity index (χ0v) is 17.3. The second-order valence-corrected chi connectivity index (χ2v) is 8.18. The Hall–Kier alpha value is -1.79. The molecule has 1 saturated carbocycles. The lowest BCUT2D eigenvalue weighted by Gasteiger charge is -2.36. The van der Waals surface area contributed by atoms with E-state index in [9.17, 15) is 5.11 Å². The maximum atomic E-state index is 9.89. The number of aliphatic imine (C=N–C) groups is 1. The minimum absolute atomic E-state index is 0.128. The first-order valence-corrected chi connectivity index (χ1v) is 10.6. The average Bonchev–Trinajstić information content (AvgIpc) is 3.54. The van der Waals surface area contributed by atoms with Gasteiger partial charge in [-0.25, -0.2) is 4.99 Å². The van der Waals surface area contributed by atoms with E-state index in [0.29, 0.717) is 26.3 Å². The molecule has 0 radical (unpaired) electrons. The van der Waals surface area contributed by atoms with E-state index in [1.165, 1.54) is 18.4 Å². The van der Waals surface area contributed by atoms with Crippen LogP contribution in [0.3, 0.4) is 0 Å². The molecule has 0 bridgehead atoms. The Morgan fingerprint density at radius 3 is 2.75 bits per heavy atom. The number of hydrogen-bond donors (Lipinski definition) is 3. The maximum Gasteiger partial charge on any atom is 0.191 e. The summed E-state index contributed by atoms with van der Waals surface area (Å²) in [7, 11) is 0. The maximum absolute atomic E-state index is 9.89. The van der Waals surface area contributed by atoms with E-state index in [-0.39, 0.29) is 12.0 Å². The lowest BCUT2D eigenvalue weighted by Crippen LogP contribution is -2.47. The zero-order valence-electron chi connectivity index (χ0n) is 17.3. The minimum Gasteiger partial charge on any atom is -0.493 e. The normalized spacial score (nSPS) is 19.3. The minimum atomic E-state index is -0.128. The number of rotatable bonds is 9. The van der Waals surface area contributed by atoms with E-state index in [4.69, 9.17) is 14.5 Å². The number of hydrogen-bond acceptors (Lipinski definition) is 4. The third kappa shape index (κ3) is 6.11. The molecule has 2 aliphatic rings. The molecule has 28 heavy (non-hydrogen) atoms. The number of guanidine groups is 1. The fourth-order valence-electron chi connectivity index (χ4n) is 3.39. The van der Waals surface area contributed by atoms with Gasteiger partial charge in [0.05, 0.1) is 19.8 Å². The van der Waals surface area contributed by atoms with Crippen molar-refractivity contribution in [2.24, 2.45) is 16.3 Å². The second-order valence-electron chi connectivity index (χ2n) is 8.18. The summed E-state index contributed by atoms with van der Waals surface area (Å²) in [6.07, 6.45) is 4.30. The lowest BCUT2D eigenvalue weighted by atomic mass is 9.81. The quantitative estimate of drug-likeness (QED) is 0.447. The smallest absolute Gasteiger partial charge is 0.191 e. The number of ether oxygens (including phenoxy) is 2. The molecule has 3 rings (SSSR count). The fourth-order valence-corrected chi connectivity index (χ4v) is 3.39. The van der Waals surface area contributed by atoms with Gasteiger partial charge in [0.25, 0.3) is 0 Å². The Kier molecular flexibility index (Phi) is 7.57. The molecule has 0 amide bonds. The molecule has 0 spiro atoms. The molecule has 2 fully saturated rings. The Morgan fingerprint density at radius 1 is 1.29 bits per heavy atom. The number of aryl methyl sites for hydroxylation is 1. The summed E-state index contributed by atoms with van der Waals surface area (Å²) in [5, 5.41) is 16.6. The first kappa shape index (κ1) is 20.9. The largest absolute Gasteiger partial charge is 0.493 e. The molecule has 1 saturated heterocycles. The zero-order chi connectivity index (χ0) is 19.8. The van der Waals surface area contributed by atoms with Gasteiger partial charge in [-0.2, -0.15) is 0 Å². The topological polar surface area (TPSA) is 75.1 Å². The molecule has 1 aromatic rings. The average molecular weight is 390 g/mol. The van der Waals surface area contributed by atoms with E-state index < -0.39 is 0 Å². The molecule has 1 aliphatic heterocycles. The van der Waals surface area contributed by atoms with Crippen LogP contribution in [0.4, 0.5) is 0 Å². The van der Waals surface area contributed by atoms with Crippen LogP contribution in [0.25, 0.3) is 0 Å². The molecule has 1 aliphatic carbocycles. The highest BCUT2D eigenvalue weighted by Crippen LogP contribution is 2.31. The highest BCUT2D eigenvalue weighted by atomic mass is 16.5. The van der Waals surface area contributed by atoms with Crippen LogP contribution in [0.1, 0.15) is 43.7 Å². The fraction of sp³-hybridized carbons (Fsp3) is 0.682. The van der Waals surface area contributed by atoms with Gasteiger partial charge in [-0.3, -0.25) is 0 Å². The third-order valence-electron chi connectivity index (χ3n) is 5.67. The molecule has 1 aromatic carbocycles. The first-order valence-electron chi connectivity index (χ1n) is 10.6. The number of aliphatic hydroxyl groups excluding tert-OH is 1. The molecule has 0 unspecified atom stereocenters. The van der Waals surface area contributed by atoms with Crippen molar-refractivity contribution in [1.29, 1.82) is 0 Å². The number of benzene rings is 1. The van der Waals surface area contributed by atoms with Gasteiger partial charge >= 0.3 is 0 Å². The van der Waals surface area contributed by atoms with Crippen LogP contribution in [0.15, 0.2) is 23.2 Å². The van der Waals surface area contributed by atoms with Crippen molar-refractivity contribution in [3.63, 3.8) is 0 Å².